The van der Waals surface area contributed by atoms with E-state index in [-0.39, 0.29) is 11.5 Å². The Hall–Kier alpha value is -0.0622. The molecule has 0 amide bonds. The number of hydrogen-bond donors (Lipinski definition) is 3. The first-order chi connectivity index (χ1) is 7.08. The molecule has 0 fully saturated rings. The molecule has 2 aromatic heterocycles. The van der Waals surface area contributed by atoms with Crippen molar-refractivity contribution in [1.82, 2.24) is 19.9 Å². The molecule has 0 aromatic carbocycles. The van der Waals surface area contributed by atoms with Crippen LogP contribution in [-0.2, 0) is 16.5 Å². The van der Waals surface area contributed by atoms with Gasteiger partial charge < -0.3 is 0 Å². The molecule has 6 nitrogen and oxygen atoms in total. The number of rotatable bonds is 0. The van der Waals surface area contributed by atoms with E-state index in [9.17, 15) is 4.79 Å². The summed E-state index contributed by atoms with van der Waals surface area (Å²) in [6, 6.07) is 0. The summed E-state index contributed by atoms with van der Waals surface area (Å²) in [4.78, 5) is 24.0. The van der Waals surface area contributed by atoms with Crippen molar-refractivity contribution < 1.29 is 16.5 Å². The molecular weight excluding hydrogens is 491 g/mol. The van der Waals surface area contributed by atoms with Gasteiger partial charge in [-0.15, -0.1) is 0 Å². The van der Waals surface area contributed by atoms with Crippen molar-refractivity contribution in [3.8, 4) is 0 Å². The number of aromatic amines is 2. The van der Waals surface area contributed by atoms with Crippen molar-refractivity contribution in [2.24, 2.45) is 0 Å². The Bertz CT molecular complexity index is 514. The van der Waals surface area contributed by atoms with Crippen LogP contribution in [0.5, 0.6) is 0 Å². The first-order valence-electron chi connectivity index (χ1n) is 3.33. The van der Waals surface area contributed by atoms with Crippen molar-refractivity contribution in [3.05, 3.63) is 10.4 Å². The molecule has 10 heteroatoms. The predicted molar refractivity (Wildman–Crippen MR) is 56.0 cm³/mol. The Kier molecular flexibility index (Phi) is 5.09. The monoisotopic (exact) mass is 495 g/mol. The van der Waals surface area contributed by atoms with Gasteiger partial charge in [0.25, 0.3) is 0 Å². The number of anilines is 1. The van der Waals surface area contributed by atoms with E-state index in [1.54, 1.807) is 0 Å². The van der Waals surface area contributed by atoms with Crippen LogP contribution in [0.1, 0.15) is 0 Å². The van der Waals surface area contributed by atoms with E-state index in [1.807, 2.05) is 0 Å². The van der Waals surface area contributed by atoms with Crippen LogP contribution < -0.4 is 16.0 Å². The average molecular weight is 495 g/mol. The molecule has 4 N–H and O–H groups in total. The molecule has 0 unspecified atom stereocenters. The molecule has 2 aromatic rings. The number of nitrogens with two attached hydrogens (primary N) is 1. The van der Waals surface area contributed by atoms with Gasteiger partial charge >= 0.3 is 109 Å². The summed E-state index contributed by atoms with van der Waals surface area (Å²) in [5, 5.41) is 0. The SMILES string of the molecule is Nc1nc2nc([Se])[nH]c2c(=O)[nH]1.[Cl][Pt][Cl]. The molecule has 2 rings (SSSR count). The minimum absolute atomic E-state index is 0.0685. The second kappa shape index (κ2) is 5.87. The molecule has 0 spiro atoms. The normalized spacial score (nSPS) is 10.0. The van der Waals surface area contributed by atoms with E-state index in [0.717, 1.165) is 0 Å². The molecule has 1 radical (unpaired) electrons. The number of nitrogens with one attached hydrogen (secondary N) is 2. The van der Waals surface area contributed by atoms with Crippen LogP contribution in [0.2, 0.25) is 0 Å². The van der Waals surface area contributed by atoms with Crippen molar-refractivity contribution in [2.75, 3.05) is 5.73 Å². The topological polar surface area (TPSA) is 100 Å². The van der Waals surface area contributed by atoms with Crippen LogP contribution in [0.3, 0.4) is 0 Å². The van der Waals surface area contributed by atoms with Gasteiger partial charge in [0.05, 0.1) is 0 Å². The van der Waals surface area contributed by atoms with Crippen LogP contribution in [0, 0.1) is 0 Å². The molecular formula is C5H4Cl2N5OPtSe. The predicted octanol–water partition coefficient (Wildman–Crippen LogP) is -0.601. The number of nitrogens with zero attached hydrogens (tertiary/aromatic N) is 2. The molecule has 0 saturated heterocycles. The Morgan fingerprint density at radius 3 is 2.53 bits per heavy atom. The zero-order valence-electron chi connectivity index (χ0n) is 6.86. The van der Waals surface area contributed by atoms with Crippen LogP contribution in [0.15, 0.2) is 4.79 Å². The molecule has 0 aliphatic rings. The third-order valence-corrected chi connectivity index (χ3v) is 1.76. The van der Waals surface area contributed by atoms with Gasteiger partial charge in [0, 0.05) is 0 Å². The second-order valence-electron chi connectivity index (χ2n) is 2.24. The Morgan fingerprint density at radius 2 is 1.93 bits per heavy atom. The maximum atomic E-state index is 11.2. The van der Waals surface area contributed by atoms with Gasteiger partial charge in [-0.25, -0.2) is 0 Å². The van der Waals surface area contributed by atoms with Crippen LogP contribution in [0.25, 0.3) is 11.2 Å². The summed E-state index contributed by atoms with van der Waals surface area (Å²) < 4.78 is 0.522. The van der Waals surface area contributed by atoms with Gasteiger partial charge in [0.2, 0.25) is 0 Å². The van der Waals surface area contributed by atoms with Gasteiger partial charge in [-0.3, -0.25) is 0 Å². The number of nitrogen functional groups attached to an aromatic ring is 1. The van der Waals surface area contributed by atoms with E-state index in [4.69, 9.17) is 24.6 Å². The number of fused-ring (bicyclic) bond motifs is 1. The Balaban J connectivity index is 0.000000337. The standard InChI is InChI=1S/C5H4N5OSe.2ClH.Pt/c6-4-8-2-1(3(11)10-4)7-5(12)9-2;;;/h(H4,6,7,8,9,10,11);2*1H;/q;;;+2/p-2. The van der Waals surface area contributed by atoms with Gasteiger partial charge in [0.15, 0.2) is 0 Å². The molecule has 0 saturated carbocycles. The first-order valence-corrected chi connectivity index (χ1v) is 9.82. The number of H-pyrrole nitrogens is 2. The fourth-order valence-electron chi connectivity index (χ4n) is 0.903. The van der Waals surface area contributed by atoms with Crippen molar-refractivity contribution in [2.45, 2.75) is 0 Å². The van der Waals surface area contributed by atoms with Crippen molar-refractivity contribution in [1.29, 1.82) is 0 Å². The first kappa shape index (κ1) is 13.0. The van der Waals surface area contributed by atoms with E-state index in [1.165, 1.54) is 0 Å². The Morgan fingerprint density at radius 1 is 1.33 bits per heavy atom. The summed E-state index contributed by atoms with van der Waals surface area (Å²) in [5.74, 6) is 0.0685. The molecule has 85 valence electrons. The average Bonchev–Trinajstić information content (AvgIpc) is 2.47. The number of aromatic nitrogens is 4. The summed E-state index contributed by atoms with van der Waals surface area (Å²) in [5.41, 5.74) is 5.65. The summed E-state index contributed by atoms with van der Waals surface area (Å²) in [6.07, 6.45) is 0. The maximum absolute atomic E-state index is 11.2. The zero-order chi connectivity index (χ0) is 11.4. The fourth-order valence-corrected chi connectivity index (χ4v) is 1.30. The molecule has 0 aliphatic carbocycles. The Labute approximate surface area is 109 Å². The quantitative estimate of drug-likeness (QED) is 0.426. The third kappa shape index (κ3) is 3.47. The minimum atomic E-state index is -0.472. The molecule has 2 heterocycles. The van der Waals surface area contributed by atoms with Crippen LogP contribution in [0.4, 0.5) is 5.95 Å². The fraction of sp³-hybridized carbons (Fsp3) is 0. The second-order valence-corrected chi connectivity index (χ2v) is 6.33. The summed E-state index contributed by atoms with van der Waals surface area (Å²) in [6.45, 7) is 0. The van der Waals surface area contributed by atoms with Gasteiger partial charge in [-0.05, 0) is 0 Å². The number of imidazole rings is 1. The van der Waals surface area contributed by atoms with E-state index < -0.39 is 16.5 Å². The molecule has 0 bridgehead atoms. The van der Waals surface area contributed by atoms with Crippen molar-refractivity contribution in [3.63, 3.8) is 0 Å². The number of halogens is 2. The van der Waals surface area contributed by atoms with E-state index in [0.29, 0.717) is 15.9 Å². The van der Waals surface area contributed by atoms with Gasteiger partial charge in [0.1, 0.15) is 0 Å². The molecule has 15 heavy (non-hydrogen) atoms. The van der Waals surface area contributed by atoms with E-state index >= 15 is 0 Å². The van der Waals surface area contributed by atoms with E-state index in [2.05, 4.69) is 35.9 Å². The third-order valence-electron chi connectivity index (χ3n) is 1.36. The number of hydrogen-bond acceptors (Lipinski definition) is 4. The van der Waals surface area contributed by atoms with Gasteiger partial charge in [-0.2, -0.15) is 0 Å². The van der Waals surface area contributed by atoms with Gasteiger partial charge in [-0.1, -0.05) is 0 Å². The van der Waals surface area contributed by atoms with Crippen LogP contribution >= 0.6 is 18.8 Å². The van der Waals surface area contributed by atoms with Crippen LogP contribution in [-0.4, -0.2) is 35.9 Å². The summed E-state index contributed by atoms with van der Waals surface area (Å²) in [7, 11) is 9.75. The van der Waals surface area contributed by atoms with Crippen molar-refractivity contribution >= 4 is 56.7 Å². The molecule has 0 aliphatic heterocycles. The summed E-state index contributed by atoms with van der Waals surface area (Å²) >= 11 is 2.17. The molecule has 0 atom stereocenters. The zero-order valence-corrected chi connectivity index (χ0v) is 12.4.